The first-order valence-electron chi connectivity index (χ1n) is 8.30. The minimum absolute atomic E-state index is 0.136. The van der Waals surface area contributed by atoms with Crippen molar-refractivity contribution in [2.75, 3.05) is 20.6 Å². The molecule has 2 atom stereocenters. The molecule has 21 heavy (non-hydrogen) atoms. The van der Waals surface area contributed by atoms with Gasteiger partial charge in [-0.25, -0.2) is 0 Å². The number of aromatic nitrogens is 2. The monoisotopic (exact) mass is 294 g/mol. The fourth-order valence-corrected chi connectivity index (χ4v) is 2.69. The van der Waals surface area contributed by atoms with E-state index in [9.17, 15) is 0 Å². The largest absolute Gasteiger partial charge is 0.312 e. The molecule has 0 aromatic carbocycles. The average molecular weight is 294 g/mol. The third-order valence-electron chi connectivity index (χ3n) is 4.73. The van der Waals surface area contributed by atoms with Crippen molar-refractivity contribution in [2.45, 2.75) is 71.5 Å². The molecule has 0 fully saturated rings. The third kappa shape index (κ3) is 4.55. The molecular formula is C17H34N4. The Labute approximate surface area is 130 Å². The Kier molecular flexibility index (Phi) is 6.88. The second-order valence-corrected chi connectivity index (χ2v) is 6.70. The van der Waals surface area contributed by atoms with E-state index in [1.807, 2.05) is 4.68 Å². The highest BCUT2D eigenvalue weighted by molar-refractivity contribution is 5.07. The van der Waals surface area contributed by atoms with Crippen LogP contribution in [0.2, 0.25) is 0 Å². The van der Waals surface area contributed by atoms with Crippen molar-refractivity contribution in [1.82, 2.24) is 20.0 Å². The summed E-state index contributed by atoms with van der Waals surface area (Å²) >= 11 is 0. The van der Waals surface area contributed by atoms with Gasteiger partial charge in [0.05, 0.1) is 5.69 Å². The molecule has 1 aromatic rings. The summed E-state index contributed by atoms with van der Waals surface area (Å²) in [6.45, 7) is 12.2. The first-order chi connectivity index (χ1) is 9.85. The van der Waals surface area contributed by atoms with E-state index in [-0.39, 0.29) is 5.54 Å². The molecule has 1 aromatic heterocycles. The van der Waals surface area contributed by atoms with Crippen LogP contribution in [0.1, 0.15) is 59.2 Å². The van der Waals surface area contributed by atoms with E-state index in [2.05, 4.69) is 71.2 Å². The van der Waals surface area contributed by atoms with Crippen molar-refractivity contribution in [2.24, 2.45) is 0 Å². The molecule has 122 valence electrons. The maximum Gasteiger partial charge on any atom is 0.0640 e. The van der Waals surface area contributed by atoms with Gasteiger partial charge in [-0.05, 0) is 60.3 Å². The van der Waals surface area contributed by atoms with Crippen molar-refractivity contribution in [1.29, 1.82) is 0 Å². The lowest BCUT2D eigenvalue weighted by atomic mass is 9.85. The summed E-state index contributed by atoms with van der Waals surface area (Å²) in [4.78, 5) is 2.35. The molecule has 2 unspecified atom stereocenters. The van der Waals surface area contributed by atoms with Crippen LogP contribution < -0.4 is 5.32 Å². The molecule has 4 heteroatoms. The highest BCUT2D eigenvalue weighted by atomic mass is 15.3. The predicted octanol–water partition coefficient (Wildman–Crippen LogP) is 3.11. The normalized spacial score (nSPS) is 16.4. The summed E-state index contributed by atoms with van der Waals surface area (Å²) < 4.78 is 2.05. The molecule has 0 spiro atoms. The van der Waals surface area contributed by atoms with Gasteiger partial charge >= 0.3 is 0 Å². The first-order valence-corrected chi connectivity index (χ1v) is 8.30. The Morgan fingerprint density at radius 1 is 1.33 bits per heavy atom. The summed E-state index contributed by atoms with van der Waals surface area (Å²) in [5.41, 5.74) is 1.32. The molecule has 1 rings (SSSR count). The number of nitrogens with zero attached hydrogens (tertiary/aromatic N) is 3. The van der Waals surface area contributed by atoms with E-state index in [0.29, 0.717) is 12.1 Å². The lowest BCUT2D eigenvalue weighted by Gasteiger charge is -2.43. The van der Waals surface area contributed by atoms with Gasteiger partial charge in [-0.1, -0.05) is 13.8 Å². The standard InChI is InChI=1S/C17H34N4/c1-8-11-18-16(17(5,9-2)20(6)7)13-15-10-12-21(19-15)14(3)4/h10,12,14,16,18H,8-9,11,13H2,1-7H3. The van der Waals surface area contributed by atoms with Crippen LogP contribution >= 0.6 is 0 Å². The molecular weight excluding hydrogens is 260 g/mol. The van der Waals surface area contributed by atoms with Crippen LogP contribution in [-0.2, 0) is 6.42 Å². The van der Waals surface area contributed by atoms with Gasteiger partial charge in [0.2, 0.25) is 0 Å². The molecule has 0 aliphatic carbocycles. The summed E-state index contributed by atoms with van der Waals surface area (Å²) in [5.74, 6) is 0. The van der Waals surface area contributed by atoms with Gasteiger partial charge in [-0.3, -0.25) is 4.68 Å². The minimum atomic E-state index is 0.136. The first kappa shape index (κ1) is 18.2. The van der Waals surface area contributed by atoms with Gasteiger partial charge in [-0.2, -0.15) is 5.10 Å². The van der Waals surface area contributed by atoms with E-state index >= 15 is 0 Å². The molecule has 1 heterocycles. The van der Waals surface area contributed by atoms with E-state index < -0.39 is 0 Å². The zero-order valence-corrected chi connectivity index (χ0v) is 15.0. The van der Waals surface area contributed by atoms with Crippen LogP contribution in [0.15, 0.2) is 12.3 Å². The lowest BCUT2D eigenvalue weighted by molar-refractivity contribution is 0.112. The highest BCUT2D eigenvalue weighted by Gasteiger charge is 2.34. The topological polar surface area (TPSA) is 33.1 Å². The maximum absolute atomic E-state index is 4.72. The fourth-order valence-electron chi connectivity index (χ4n) is 2.69. The number of likely N-dealkylation sites (N-methyl/N-ethyl adjacent to an activating group) is 1. The highest BCUT2D eigenvalue weighted by Crippen LogP contribution is 2.24. The van der Waals surface area contributed by atoms with Gasteiger partial charge in [0.25, 0.3) is 0 Å². The van der Waals surface area contributed by atoms with Crippen molar-refractivity contribution >= 4 is 0 Å². The Morgan fingerprint density at radius 2 is 2.00 bits per heavy atom. The molecule has 0 amide bonds. The summed E-state index contributed by atoms with van der Waals surface area (Å²) in [5, 5.41) is 8.46. The average Bonchev–Trinajstić information content (AvgIpc) is 2.91. The van der Waals surface area contributed by atoms with Crippen LogP contribution in [0.25, 0.3) is 0 Å². The van der Waals surface area contributed by atoms with Crippen LogP contribution in [0.5, 0.6) is 0 Å². The number of hydrogen-bond acceptors (Lipinski definition) is 3. The Morgan fingerprint density at radius 3 is 2.43 bits per heavy atom. The summed E-state index contributed by atoms with van der Waals surface area (Å²) in [6.07, 6.45) is 5.34. The number of nitrogens with one attached hydrogen (secondary N) is 1. The molecule has 0 saturated heterocycles. The molecule has 0 bridgehead atoms. The van der Waals surface area contributed by atoms with E-state index in [0.717, 1.165) is 25.8 Å². The van der Waals surface area contributed by atoms with Crippen molar-refractivity contribution < 1.29 is 0 Å². The van der Waals surface area contributed by atoms with Gasteiger partial charge in [-0.15, -0.1) is 0 Å². The second-order valence-electron chi connectivity index (χ2n) is 6.70. The fraction of sp³-hybridized carbons (Fsp3) is 0.824. The van der Waals surface area contributed by atoms with E-state index in [4.69, 9.17) is 5.10 Å². The van der Waals surface area contributed by atoms with Gasteiger partial charge < -0.3 is 10.2 Å². The summed E-state index contributed by atoms with van der Waals surface area (Å²) in [6, 6.07) is 2.99. The molecule has 0 radical (unpaired) electrons. The van der Waals surface area contributed by atoms with Crippen LogP contribution in [0, 0.1) is 0 Å². The van der Waals surface area contributed by atoms with Crippen molar-refractivity contribution in [3.05, 3.63) is 18.0 Å². The van der Waals surface area contributed by atoms with Gasteiger partial charge in [0, 0.05) is 30.2 Å². The smallest absolute Gasteiger partial charge is 0.0640 e. The van der Waals surface area contributed by atoms with Crippen LogP contribution in [0.3, 0.4) is 0 Å². The van der Waals surface area contributed by atoms with Gasteiger partial charge in [0.15, 0.2) is 0 Å². The third-order valence-corrected chi connectivity index (χ3v) is 4.73. The van der Waals surface area contributed by atoms with E-state index in [1.165, 1.54) is 5.69 Å². The summed E-state index contributed by atoms with van der Waals surface area (Å²) in [7, 11) is 4.35. The van der Waals surface area contributed by atoms with Gasteiger partial charge in [0.1, 0.15) is 0 Å². The molecule has 0 aliphatic heterocycles. The zero-order valence-electron chi connectivity index (χ0n) is 15.0. The SMILES string of the molecule is CCCNC(Cc1ccn(C(C)C)n1)C(C)(CC)N(C)C. The zero-order chi connectivity index (χ0) is 16.0. The quantitative estimate of drug-likeness (QED) is 0.759. The second kappa shape index (κ2) is 7.95. The minimum Gasteiger partial charge on any atom is -0.312 e. The Hall–Kier alpha value is -0.870. The van der Waals surface area contributed by atoms with Crippen LogP contribution in [0.4, 0.5) is 0 Å². The van der Waals surface area contributed by atoms with E-state index in [1.54, 1.807) is 0 Å². The number of rotatable bonds is 9. The maximum atomic E-state index is 4.72. The van der Waals surface area contributed by atoms with Crippen LogP contribution in [-0.4, -0.2) is 46.9 Å². The van der Waals surface area contributed by atoms with Crippen molar-refractivity contribution in [3.63, 3.8) is 0 Å². The number of hydrogen-bond donors (Lipinski definition) is 1. The Bertz CT molecular complexity index is 411. The molecule has 0 saturated carbocycles. The lowest BCUT2D eigenvalue weighted by Crippen LogP contribution is -2.58. The van der Waals surface area contributed by atoms with Crippen molar-refractivity contribution in [3.8, 4) is 0 Å². The Balaban J connectivity index is 2.91. The predicted molar refractivity (Wildman–Crippen MR) is 90.8 cm³/mol. The molecule has 1 N–H and O–H groups in total. The molecule has 4 nitrogen and oxygen atoms in total. The molecule has 0 aliphatic rings.